The van der Waals surface area contributed by atoms with Crippen LogP contribution in [0.5, 0.6) is 0 Å². The molecule has 0 saturated carbocycles. The quantitative estimate of drug-likeness (QED) is 0.665. The van der Waals surface area contributed by atoms with Gasteiger partial charge in [0.2, 0.25) is 5.91 Å². The van der Waals surface area contributed by atoms with Gasteiger partial charge in [-0.15, -0.1) is 11.3 Å². The maximum Gasteiger partial charge on any atom is 0.311 e. The van der Waals surface area contributed by atoms with Gasteiger partial charge in [-0.05, 0) is 13.8 Å². The lowest BCUT2D eigenvalue weighted by Gasteiger charge is -2.01. The minimum atomic E-state index is -0.289. The number of aromatic nitrogens is 1. The number of hydrogen-bond donors (Lipinski definition) is 1. The predicted octanol–water partition coefficient (Wildman–Crippen LogP) is 1.97. The first-order valence-electron chi connectivity index (χ1n) is 5.08. The highest BCUT2D eigenvalue weighted by Gasteiger charge is 2.12. The van der Waals surface area contributed by atoms with Crippen molar-refractivity contribution in [2.24, 2.45) is 0 Å². The van der Waals surface area contributed by atoms with Crippen molar-refractivity contribution in [3.63, 3.8) is 0 Å². The molecular weight excluding hydrogens is 308 g/mol. The zero-order valence-corrected chi connectivity index (χ0v) is 11.9. The number of nitrogens with zero attached hydrogens (tertiary/aromatic N) is 1. The number of nitrogens with one attached hydrogen (secondary N) is 1. The van der Waals surface area contributed by atoms with Crippen molar-refractivity contribution >= 4 is 44.3 Å². The molecule has 1 aromatic rings. The van der Waals surface area contributed by atoms with E-state index in [-0.39, 0.29) is 23.1 Å². The first kappa shape index (κ1) is 14.1. The summed E-state index contributed by atoms with van der Waals surface area (Å²) in [5, 5.41) is 3.12. The monoisotopic (exact) mass is 320 g/mol. The molecule has 5 nitrogen and oxygen atoms in total. The molecule has 1 amide bonds. The van der Waals surface area contributed by atoms with Crippen molar-refractivity contribution in [1.82, 2.24) is 4.98 Å². The molecule has 0 aliphatic heterocycles. The summed E-state index contributed by atoms with van der Waals surface area (Å²) in [7, 11) is 0. The largest absolute Gasteiger partial charge is 0.466 e. The highest BCUT2D eigenvalue weighted by Crippen LogP contribution is 2.19. The summed E-state index contributed by atoms with van der Waals surface area (Å²) < 4.78 is 4.82. The minimum absolute atomic E-state index is 0.165. The van der Waals surface area contributed by atoms with Crippen LogP contribution in [-0.4, -0.2) is 28.3 Å². The molecule has 1 heterocycles. The molecule has 1 aromatic heterocycles. The van der Waals surface area contributed by atoms with Crippen LogP contribution in [0.25, 0.3) is 0 Å². The Balaban J connectivity index is 2.53. The number of amides is 1. The Labute approximate surface area is 112 Å². The van der Waals surface area contributed by atoms with E-state index in [1.54, 1.807) is 20.0 Å². The van der Waals surface area contributed by atoms with Crippen molar-refractivity contribution in [2.75, 3.05) is 11.9 Å². The second kappa shape index (κ2) is 6.70. The fraction of sp³-hybridized carbons (Fsp3) is 0.500. The Bertz CT molecular complexity index is 406. The van der Waals surface area contributed by atoms with Gasteiger partial charge in [0.1, 0.15) is 0 Å². The Morgan fingerprint density at radius 1 is 1.65 bits per heavy atom. The second-order valence-electron chi connectivity index (χ2n) is 3.22. The fourth-order valence-corrected chi connectivity index (χ4v) is 1.92. The molecule has 1 N–H and O–H groups in total. The lowest BCUT2D eigenvalue weighted by Crippen LogP contribution is -2.19. The maximum absolute atomic E-state index is 11.4. The zero-order chi connectivity index (χ0) is 12.8. The van der Waals surface area contributed by atoms with E-state index in [9.17, 15) is 9.59 Å². The molecule has 1 unspecified atom stereocenters. The number of rotatable bonds is 5. The SMILES string of the molecule is CCOC(=O)Cc1cnc(NC(=O)C(C)Br)s1. The van der Waals surface area contributed by atoms with Crippen LogP contribution in [0.4, 0.5) is 5.13 Å². The van der Waals surface area contributed by atoms with E-state index in [0.717, 1.165) is 4.88 Å². The maximum atomic E-state index is 11.4. The summed E-state index contributed by atoms with van der Waals surface area (Å²) in [6.45, 7) is 3.85. The second-order valence-corrected chi connectivity index (χ2v) is 5.71. The molecule has 0 bridgehead atoms. The first-order chi connectivity index (χ1) is 8.02. The van der Waals surface area contributed by atoms with Crippen LogP contribution in [0.15, 0.2) is 6.20 Å². The Kier molecular flexibility index (Phi) is 5.57. The Morgan fingerprint density at radius 3 is 2.94 bits per heavy atom. The molecule has 94 valence electrons. The van der Waals surface area contributed by atoms with E-state index in [2.05, 4.69) is 26.2 Å². The van der Waals surface area contributed by atoms with E-state index in [0.29, 0.717) is 11.7 Å². The van der Waals surface area contributed by atoms with Crippen molar-refractivity contribution < 1.29 is 14.3 Å². The lowest BCUT2D eigenvalue weighted by atomic mass is 10.4. The van der Waals surface area contributed by atoms with Crippen LogP contribution in [0.3, 0.4) is 0 Å². The molecule has 17 heavy (non-hydrogen) atoms. The number of carbonyl (C=O) groups is 2. The third-order valence-corrected chi connectivity index (χ3v) is 3.10. The number of esters is 1. The molecule has 0 aromatic carbocycles. The van der Waals surface area contributed by atoms with Crippen LogP contribution in [0.1, 0.15) is 18.7 Å². The van der Waals surface area contributed by atoms with Gasteiger partial charge < -0.3 is 10.1 Å². The summed E-state index contributed by atoms with van der Waals surface area (Å²) in [4.78, 5) is 27.1. The molecule has 1 atom stereocenters. The molecule has 0 saturated heterocycles. The summed E-state index contributed by atoms with van der Waals surface area (Å²) >= 11 is 4.42. The molecular formula is C10H13BrN2O3S. The molecule has 0 aliphatic carbocycles. The Morgan fingerprint density at radius 2 is 2.35 bits per heavy atom. The number of halogens is 1. The summed E-state index contributed by atoms with van der Waals surface area (Å²) in [5.41, 5.74) is 0. The van der Waals surface area contributed by atoms with E-state index in [4.69, 9.17) is 4.74 Å². The minimum Gasteiger partial charge on any atom is -0.466 e. The standard InChI is InChI=1S/C10H13BrN2O3S/c1-3-16-8(14)4-7-5-12-10(17-7)13-9(15)6(2)11/h5-6H,3-4H2,1-2H3,(H,12,13,15). The van der Waals surface area contributed by atoms with Gasteiger partial charge in [-0.2, -0.15) is 0 Å². The van der Waals surface area contributed by atoms with Crippen LogP contribution in [-0.2, 0) is 20.7 Å². The van der Waals surface area contributed by atoms with Crippen molar-refractivity contribution in [3.8, 4) is 0 Å². The van der Waals surface area contributed by atoms with E-state index in [1.165, 1.54) is 11.3 Å². The molecule has 0 spiro atoms. The normalized spacial score (nSPS) is 11.9. The Hall–Kier alpha value is -0.950. The van der Waals surface area contributed by atoms with Gasteiger partial charge in [0, 0.05) is 11.1 Å². The number of hydrogen-bond acceptors (Lipinski definition) is 5. The van der Waals surface area contributed by atoms with Crippen LogP contribution in [0, 0.1) is 0 Å². The van der Waals surface area contributed by atoms with Crippen molar-refractivity contribution in [2.45, 2.75) is 25.1 Å². The highest BCUT2D eigenvalue weighted by molar-refractivity contribution is 9.10. The summed E-state index contributed by atoms with van der Waals surface area (Å²) in [5.74, 6) is -0.454. The zero-order valence-electron chi connectivity index (χ0n) is 9.53. The van der Waals surface area contributed by atoms with Gasteiger partial charge in [0.15, 0.2) is 5.13 Å². The average Bonchev–Trinajstić information content (AvgIpc) is 2.65. The van der Waals surface area contributed by atoms with Gasteiger partial charge >= 0.3 is 5.97 Å². The summed E-state index contributed by atoms with van der Waals surface area (Å²) in [6.07, 6.45) is 1.75. The van der Waals surface area contributed by atoms with Crippen molar-refractivity contribution in [1.29, 1.82) is 0 Å². The van der Waals surface area contributed by atoms with Gasteiger partial charge in [0.05, 0.1) is 17.9 Å². The number of thiazole rings is 1. The van der Waals surface area contributed by atoms with Gasteiger partial charge in [-0.25, -0.2) is 4.98 Å². The number of carbonyl (C=O) groups excluding carboxylic acids is 2. The van der Waals surface area contributed by atoms with Crippen LogP contribution in [0.2, 0.25) is 0 Å². The average molecular weight is 321 g/mol. The smallest absolute Gasteiger partial charge is 0.311 e. The van der Waals surface area contributed by atoms with E-state index in [1.807, 2.05) is 0 Å². The third-order valence-electron chi connectivity index (χ3n) is 1.77. The fourth-order valence-electron chi connectivity index (χ4n) is 1.01. The lowest BCUT2D eigenvalue weighted by molar-refractivity contribution is -0.142. The third kappa shape index (κ3) is 4.82. The molecule has 0 aliphatic rings. The van der Waals surface area contributed by atoms with E-state index >= 15 is 0 Å². The molecule has 0 fully saturated rings. The highest BCUT2D eigenvalue weighted by atomic mass is 79.9. The number of ether oxygens (including phenoxy) is 1. The van der Waals surface area contributed by atoms with Gasteiger partial charge in [-0.1, -0.05) is 15.9 Å². The van der Waals surface area contributed by atoms with E-state index < -0.39 is 0 Å². The van der Waals surface area contributed by atoms with Gasteiger partial charge in [0.25, 0.3) is 0 Å². The molecule has 0 radical (unpaired) electrons. The number of alkyl halides is 1. The predicted molar refractivity (Wildman–Crippen MR) is 69.5 cm³/mol. The first-order valence-corrected chi connectivity index (χ1v) is 6.81. The van der Waals surface area contributed by atoms with Gasteiger partial charge in [-0.3, -0.25) is 9.59 Å². The number of anilines is 1. The van der Waals surface area contributed by atoms with Crippen LogP contribution < -0.4 is 5.32 Å². The van der Waals surface area contributed by atoms with Crippen molar-refractivity contribution in [3.05, 3.63) is 11.1 Å². The van der Waals surface area contributed by atoms with Crippen LogP contribution >= 0.6 is 27.3 Å². The molecule has 1 rings (SSSR count). The topological polar surface area (TPSA) is 68.3 Å². The molecule has 7 heteroatoms. The summed E-state index contributed by atoms with van der Waals surface area (Å²) in [6, 6.07) is 0.